The highest BCUT2D eigenvalue weighted by molar-refractivity contribution is 8.17. The van der Waals surface area contributed by atoms with E-state index < -0.39 is 0 Å². The van der Waals surface area contributed by atoms with E-state index in [0.717, 1.165) is 24.5 Å². The number of nitrogens with zero attached hydrogens (tertiary/aromatic N) is 1. The molecule has 1 fully saturated rings. The normalized spacial score (nSPS) is 21.9. The fourth-order valence-electron chi connectivity index (χ4n) is 1.84. The number of carbonyl (C=O) groups excluding carboxylic acids is 1. The number of hydrogen-bond donors (Lipinski definition) is 0. The largest absolute Gasteiger partial charge is 0.340 e. The zero-order valence-electron chi connectivity index (χ0n) is 8.94. The maximum absolute atomic E-state index is 10.8. The van der Waals surface area contributed by atoms with Gasteiger partial charge in [-0.25, -0.2) is 0 Å². The van der Waals surface area contributed by atoms with Crippen LogP contribution < -0.4 is 0 Å². The average molecular weight is 233 g/mol. The molecule has 2 nitrogen and oxygen atoms in total. The van der Waals surface area contributed by atoms with Gasteiger partial charge in [-0.3, -0.25) is 4.79 Å². The predicted molar refractivity (Wildman–Crippen MR) is 65.8 cm³/mol. The molecule has 4 heteroatoms. The average Bonchev–Trinajstić information content (AvgIpc) is 2.65. The SMILES string of the molecule is CCSC(SCC)C1CCCN1C=O. The molecule has 1 heterocycles. The van der Waals surface area contributed by atoms with Gasteiger partial charge in [-0.2, -0.15) is 0 Å². The van der Waals surface area contributed by atoms with Crippen LogP contribution in [0.15, 0.2) is 0 Å². The molecule has 14 heavy (non-hydrogen) atoms. The molecule has 0 aromatic carbocycles. The highest BCUT2D eigenvalue weighted by Gasteiger charge is 2.30. The minimum atomic E-state index is 0.474. The van der Waals surface area contributed by atoms with E-state index in [4.69, 9.17) is 0 Å². The summed E-state index contributed by atoms with van der Waals surface area (Å²) in [7, 11) is 0. The Morgan fingerprint density at radius 2 is 2.07 bits per heavy atom. The van der Waals surface area contributed by atoms with Crippen LogP contribution in [0.1, 0.15) is 26.7 Å². The molecule has 1 amide bonds. The molecule has 0 aromatic rings. The Balaban J connectivity index is 2.51. The molecular weight excluding hydrogens is 214 g/mol. The topological polar surface area (TPSA) is 20.3 Å². The van der Waals surface area contributed by atoms with Gasteiger partial charge in [0.2, 0.25) is 6.41 Å². The Kier molecular flexibility index (Phi) is 5.78. The summed E-state index contributed by atoms with van der Waals surface area (Å²) in [5.74, 6) is 2.28. The molecule has 0 aliphatic carbocycles. The van der Waals surface area contributed by atoms with Crippen molar-refractivity contribution in [1.82, 2.24) is 4.90 Å². The lowest BCUT2D eigenvalue weighted by atomic mass is 10.2. The molecule has 1 aliphatic heterocycles. The minimum Gasteiger partial charge on any atom is -0.340 e. The summed E-state index contributed by atoms with van der Waals surface area (Å²) in [6.07, 6.45) is 3.38. The standard InChI is InChI=1S/C10H19NOS2/c1-3-13-10(14-4-2)9-6-5-7-11(9)8-12/h8-10H,3-7H2,1-2H3. The zero-order valence-corrected chi connectivity index (χ0v) is 10.6. The second-order valence-corrected chi connectivity index (χ2v) is 6.47. The van der Waals surface area contributed by atoms with E-state index in [9.17, 15) is 4.79 Å². The molecule has 1 saturated heterocycles. The molecular formula is C10H19NOS2. The first kappa shape index (κ1) is 12.2. The molecule has 0 radical (unpaired) electrons. The van der Waals surface area contributed by atoms with Crippen LogP contribution in [0.5, 0.6) is 0 Å². The molecule has 0 bridgehead atoms. The minimum absolute atomic E-state index is 0.474. The lowest BCUT2D eigenvalue weighted by molar-refractivity contribution is -0.118. The van der Waals surface area contributed by atoms with Crippen molar-refractivity contribution >= 4 is 29.9 Å². The molecule has 0 N–H and O–H groups in total. The monoisotopic (exact) mass is 233 g/mol. The molecule has 0 spiro atoms. The van der Waals surface area contributed by atoms with Gasteiger partial charge in [0, 0.05) is 6.54 Å². The van der Waals surface area contributed by atoms with Gasteiger partial charge in [0.15, 0.2) is 0 Å². The molecule has 1 rings (SSSR count). The Bertz CT molecular complexity index is 172. The van der Waals surface area contributed by atoms with Crippen LogP contribution in [0, 0.1) is 0 Å². The van der Waals surface area contributed by atoms with Crippen molar-refractivity contribution in [3.05, 3.63) is 0 Å². The van der Waals surface area contributed by atoms with Gasteiger partial charge in [-0.05, 0) is 24.3 Å². The van der Waals surface area contributed by atoms with E-state index in [2.05, 4.69) is 13.8 Å². The molecule has 1 aliphatic rings. The number of thioether (sulfide) groups is 2. The third-order valence-corrected chi connectivity index (χ3v) is 5.22. The van der Waals surface area contributed by atoms with E-state index in [-0.39, 0.29) is 0 Å². The lowest BCUT2D eigenvalue weighted by Gasteiger charge is -2.27. The Hall–Kier alpha value is 0.170. The predicted octanol–water partition coefficient (Wildman–Crippen LogP) is 2.44. The van der Waals surface area contributed by atoms with E-state index in [1.165, 1.54) is 12.8 Å². The highest BCUT2D eigenvalue weighted by Crippen LogP contribution is 2.33. The van der Waals surface area contributed by atoms with Crippen molar-refractivity contribution < 1.29 is 4.79 Å². The summed E-state index contributed by atoms with van der Waals surface area (Å²) in [4.78, 5) is 12.8. The molecule has 0 saturated carbocycles. The van der Waals surface area contributed by atoms with Gasteiger partial charge in [0.05, 0.1) is 10.6 Å². The number of amides is 1. The van der Waals surface area contributed by atoms with Gasteiger partial charge >= 0.3 is 0 Å². The maximum atomic E-state index is 10.8. The van der Waals surface area contributed by atoms with Crippen molar-refractivity contribution in [1.29, 1.82) is 0 Å². The summed E-state index contributed by atoms with van der Waals surface area (Å²) in [6.45, 7) is 5.33. The quantitative estimate of drug-likeness (QED) is 0.519. The summed E-state index contributed by atoms with van der Waals surface area (Å²) in [5.41, 5.74) is 0. The van der Waals surface area contributed by atoms with E-state index >= 15 is 0 Å². The first-order chi connectivity index (χ1) is 6.83. The second kappa shape index (κ2) is 6.62. The van der Waals surface area contributed by atoms with Crippen molar-refractivity contribution in [3.8, 4) is 0 Å². The number of rotatable bonds is 6. The van der Waals surface area contributed by atoms with Gasteiger partial charge < -0.3 is 4.90 Å². The van der Waals surface area contributed by atoms with Gasteiger partial charge in [-0.15, -0.1) is 23.5 Å². The molecule has 0 aromatic heterocycles. The van der Waals surface area contributed by atoms with Crippen LogP contribution in [0.4, 0.5) is 0 Å². The summed E-state index contributed by atoms with van der Waals surface area (Å²) in [6, 6.07) is 0.474. The first-order valence-corrected chi connectivity index (χ1v) is 7.37. The van der Waals surface area contributed by atoms with Crippen LogP contribution in [-0.4, -0.2) is 40.0 Å². The molecule has 1 atom stereocenters. The number of carbonyl (C=O) groups is 1. The first-order valence-electron chi connectivity index (χ1n) is 5.27. The zero-order chi connectivity index (χ0) is 10.4. The Morgan fingerprint density at radius 3 is 2.57 bits per heavy atom. The number of hydrogen-bond acceptors (Lipinski definition) is 3. The van der Waals surface area contributed by atoms with Crippen molar-refractivity contribution in [3.63, 3.8) is 0 Å². The van der Waals surface area contributed by atoms with Crippen LogP contribution in [0.25, 0.3) is 0 Å². The fourth-order valence-corrected chi connectivity index (χ4v) is 4.72. The van der Waals surface area contributed by atoms with Crippen LogP contribution in [0.2, 0.25) is 0 Å². The van der Waals surface area contributed by atoms with Crippen molar-refractivity contribution in [2.24, 2.45) is 0 Å². The van der Waals surface area contributed by atoms with Crippen LogP contribution in [0.3, 0.4) is 0 Å². The van der Waals surface area contributed by atoms with Crippen molar-refractivity contribution in [2.45, 2.75) is 37.3 Å². The van der Waals surface area contributed by atoms with E-state index in [1.807, 2.05) is 28.4 Å². The summed E-state index contributed by atoms with van der Waals surface area (Å²) < 4.78 is 0.581. The van der Waals surface area contributed by atoms with Crippen molar-refractivity contribution in [2.75, 3.05) is 18.1 Å². The fraction of sp³-hybridized carbons (Fsp3) is 0.900. The van der Waals surface area contributed by atoms with E-state index in [1.54, 1.807) is 0 Å². The van der Waals surface area contributed by atoms with E-state index in [0.29, 0.717) is 10.6 Å². The molecule has 1 unspecified atom stereocenters. The summed E-state index contributed by atoms with van der Waals surface area (Å²) >= 11 is 3.96. The van der Waals surface area contributed by atoms with Crippen LogP contribution >= 0.6 is 23.5 Å². The molecule has 82 valence electrons. The van der Waals surface area contributed by atoms with Gasteiger partial charge in [-0.1, -0.05) is 13.8 Å². The summed E-state index contributed by atoms with van der Waals surface area (Å²) in [5, 5.41) is 0. The van der Waals surface area contributed by atoms with Gasteiger partial charge in [0.1, 0.15) is 0 Å². The smallest absolute Gasteiger partial charge is 0.210 e. The Morgan fingerprint density at radius 1 is 1.43 bits per heavy atom. The third kappa shape index (κ3) is 3.09. The number of likely N-dealkylation sites (tertiary alicyclic amines) is 1. The van der Waals surface area contributed by atoms with Gasteiger partial charge in [0.25, 0.3) is 0 Å². The lowest BCUT2D eigenvalue weighted by Crippen LogP contribution is -2.35. The maximum Gasteiger partial charge on any atom is 0.210 e. The van der Waals surface area contributed by atoms with Crippen LogP contribution in [-0.2, 0) is 4.79 Å². The second-order valence-electron chi connectivity index (χ2n) is 3.33. The third-order valence-electron chi connectivity index (χ3n) is 2.45. The highest BCUT2D eigenvalue weighted by atomic mass is 32.2. The Labute approximate surface area is 95.2 Å².